The fraction of sp³-hybridized carbons (Fsp3) is 0.308. The summed E-state index contributed by atoms with van der Waals surface area (Å²) in [6, 6.07) is 5.98. The monoisotopic (exact) mass is 249 g/mol. The zero-order valence-electron chi connectivity index (χ0n) is 10.3. The first kappa shape index (κ1) is 12.1. The third kappa shape index (κ3) is 2.08. The average Bonchev–Trinajstić information content (AvgIpc) is 2.53. The van der Waals surface area contributed by atoms with Gasteiger partial charge in [-0.3, -0.25) is 4.68 Å². The van der Waals surface area contributed by atoms with Crippen LogP contribution in [0.5, 0.6) is 0 Å². The molecule has 2 aromatic rings. The fourth-order valence-corrected chi connectivity index (χ4v) is 2.32. The molecule has 1 aromatic heterocycles. The van der Waals surface area contributed by atoms with Gasteiger partial charge in [0.15, 0.2) is 0 Å². The van der Waals surface area contributed by atoms with Crippen molar-refractivity contribution in [3.63, 3.8) is 0 Å². The van der Waals surface area contributed by atoms with Crippen molar-refractivity contribution in [2.45, 2.75) is 20.4 Å². The second-order valence-corrected chi connectivity index (χ2v) is 4.59. The van der Waals surface area contributed by atoms with E-state index in [1.165, 1.54) is 0 Å². The van der Waals surface area contributed by atoms with Gasteiger partial charge in [0.2, 0.25) is 0 Å². The molecule has 0 spiro atoms. The molecule has 0 unspecified atom stereocenters. The highest BCUT2D eigenvalue weighted by Gasteiger charge is 2.12. The zero-order valence-corrected chi connectivity index (χ0v) is 11.0. The van der Waals surface area contributed by atoms with Crippen LogP contribution in [0.1, 0.15) is 17.0 Å². The molecule has 0 amide bonds. The summed E-state index contributed by atoms with van der Waals surface area (Å²) in [6.45, 7) is 4.53. The standard InChI is InChI=1S/C13H16ClN3/c1-8-13(9(2)17(3)16-8)10-4-5-11(7-15)12(14)6-10/h4-6H,7,15H2,1-3H3. The fourth-order valence-electron chi connectivity index (χ4n) is 2.06. The van der Waals surface area contributed by atoms with E-state index in [0.29, 0.717) is 11.6 Å². The molecule has 0 atom stereocenters. The van der Waals surface area contributed by atoms with Crippen molar-refractivity contribution in [1.82, 2.24) is 9.78 Å². The largest absolute Gasteiger partial charge is 0.326 e. The Hall–Kier alpha value is -1.32. The van der Waals surface area contributed by atoms with Gasteiger partial charge in [0.05, 0.1) is 5.69 Å². The number of benzene rings is 1. The van der Waals surface area contributed by atoms with Gasteiger partial charge in [0, 0.05) is 29.9 Å². The summed E-state index contributed by atoms with van der Waals surface area (Å²) in [6.07, 6.45) is 0. The Morgan fingerprint density at radius 2 is 2.06 bits per heavy atom. The molecule has 1 aromatic carbocycles. The van der Waals surface area contributed by atoms with E-state index in [9.17, 15) is 0 Å². The van der Waals surface area contributed by atoms with Crippen molar-refractivity contribution < 1.29 is 0 Å². The van der Waals surface area contributed by atoms with Crippen LogP contribution in [0.4, 0.5) is 0 Å². The Labute approximate surface area is 106 Å². The van der Waals surface area contributed by atoms with Crippen LogP contribution >= 0.6 is 11.6 Å². The van der Waals surface area contributed by atoms with Crippen molar-refractivity contribution in [2.24, 2.45) is 12.8 Å². The van der Waals surface area contributed by atoms with Crippen molar-refractivity contribution >= 4 is 11.6 Å². The summed E-state index contributed by atoms with van der Waals surface area (Å²) in [4.78, 5) is 0. The molecular weight excluding hydrogens is 234 g/mol. The highest BCUT2D eigenvalue weighted by Crippen LogP contribution is 2.29. The molecule has 0 aliphatic carbocycles. The van der Waals surface area contributed by atoms with E-state index in [4.69, 9.17) is 17.3 Å². The van der Waals surface area contributed by atoms with Crippen molar-refractivity contribution in [3.05, 3.63) is 40.2 Å². The van der Waals surface area contributed by atoms with Gasteiger partial charge < -0.3 is 5.73 Å². The Bertz CT molecular complexity index is 558. The number of aromatic nitrogens is 2. The quantitative estimate of drug-likeness (QED) is 0.890. The average molecular weight is 250 g/mol. The topological polar surface area (TPSA) is 43.8 Å². The van der Waals surface area contributed by atoms with Crippen LogP contribution in [0.15, 0.2) is 18.2 Å². The van der Waals surface area contributed by atoms with Gasteiger partial charge in [0.1, 0.15) is 0 Å². The molecule has 1 heterocycles. The van der Waals surface area contributed by atoms with E-state index in [-0.39, 0.29) is 0 Å². The van der Waals surface area contributed by atoms with Crippen LogP contribution in [-0.2, 0) is 13.6 Å². The molecule has 3 nitrogen and oxygen atoms in total. The molecule has 0 bridgehead atoms. The van der Waals surface area contributed by atoms with Gasteiger partial charge in [-0.1, -0.05) is 23.7 Å². The van der Waals surface area contributed by atoms with E-state index in [2.05, 4.69) is 12.0 Å². The number of halogens is 1. The predicted octanol–water partition coefficient (Wildman–Crippen LogP) is 2.82. The number of aryl methyl sites for hydroxylation is 2. The van der Waals surface area contributed by atoms with Gasteiger partial charge in [0.25, 0.3) is 0 Å². The highest BCUT2D eigenvalue weighted by molar-refractivity contribution is 6.31. The van der Waals surface area contributed by atoms with E-state index >= 15 is 0 Å². The normalized spacial score (nSPS) is 10.9. The van der Waals surface area contributed by atoms with Crippen LogP contribution in [-0.4, -0.2) is 9.78 Å². The first-order chi connectivity index (χ1) is 8.04. The maximum atomic E-state index is 6.18. The minimum atomic E-state index is 0.462. The van der Waals surface area contributed by atoms with Gasteiger partial charge >= 0.3 is 0 Å². The third-order valence-corrected chi connectivity index (χ3v) is 3.42. The second-order valence-electron chi connectivity index (χ2n) is 4.18. The zero-order chi connectivity index (χ0) is 12.6. The predicted molar refractivity (Wildman–Crippen MR) is 71.0 cm³/mol. The molecule has 0 saturated carbocycles. The molecule has 0 fully saturated rings. The molecule has 17 heavy (non-hydrogen) atoms. The number of nitrogens with two attached hydrogens (primary N) is 1. The molecule has 2 N–H and O–H groups in total. The Morgan fingerprint density at radius 3 is 2.53 bits per heavy atom. The van der Waals surface area contributed by atoms with Crippen molar-refractivity contribution in [2.75, 3.05) is 0 Å². The number of hydrogen-bond donors (Lipinski definition) is 1. The Morgan fingerprint density at radius 1 is 1.35 bits per heavy atom. The molecule has 0 aliphatic rings. The first-order valence-electron chi connectivity index (χ1n) is 5.53. The lowest BCUT2D eigenvalue weighted by Crippen LogP contribution is -1.97. The molecule has 90 valence electrons. The van der Waals surface area contributed by atoms with Crippen LogP contribution in [0.25, 0.3) is 11.1 Å². The van der Waals surface area contributed by atoms with Crippen molar-refractivity contribution in [3.8, 4) is 11.1 Å². The summed E-state index contributed by atoms with van der Waals surface area (Å²) in [7, 11) is 1.95. The van der Waals surface area contributed by atoms with Crippen LogP contribution in [0.2, 0.25) is 5.02 Å². The smallest absolute Gasteiger partial charge is 0.0674 e. The second kappa shape index (κ2) is 4.51. The number of hydrogen-bond acceptors (Lipinski definition) is 2. The summed E-state index contributed by atoms with van der Waals surface area (Å²) < 4.78 is 1.88. The molecular formula is C13H16ClN3. The summed E-state index contributed by atoms with van der Waals surface area (Å²) >= 11 is 6.18. The van der Waals surface area contributed by atoms with E-state index in [1.807, 2.05) is 36.9 Å². The highest BCUT2D eigenvalue weighted by atomic mass is 35.5. The van der Waals surface area contributed by atoms with Crippen LogP contribution in [0.3, 0.4) is 0 Å². The summed E-state index contributed by atoms with van der Waals surface area (Å²) in [5.41, 5.74) is 11.0. The van der Waals surface area contributed by atoms with E-state index in [1.54, 1.807) is 0 Å². The van der Waals surface area contributed by atoms with Crippen LogP contribution in [0, 0.1) is 13.8 Å². The lowest BCUT2D eigenvalue weighted by Gasteiger charge is -2.06. The maximum absolute atomic E-state index is 6.18. The summed E-state index contributed by atoms with van der Waals surface area (Å²) in [5.74, 6) is 0. The molecule has 4 heteroatoms. The molecule has 0 saturated heterocycles. The molecule has 0 radical (unpaired) electrons. The minimum absolute atomic E-state index is 0.462. The lowest BCUT2D eigenvalue weighted by molar-refractivity contribution is 0.731. The molecule has 2 rings (SSSR count). The lowest BCUT2D eigenvalue weighted by atomic mass is 10.0. The van der Waals surface area contributed by atoms with Gasteiger partial charge in [-0.05, 0) is 31.0 Å². The van der Waals surface area contributed by atoms with Gasteiger partial charge in [-0.25, -0.2) is 0 Å². The first-order valence-corrected chi connectivity index (χ1v) is 5.91. The van der Waals surface area contributed by atoms with Crippen molar-refractivity contribution in [1.29, 1.82) is 0 Å². The van der Waals surface area contributed by atoms with Gasteiger partial charge in [-0.15, -0.1) is 0 Å². The van der Waals surface area contributed by atoms with Crippen LogP contribution < -0.4 is 5.73 Å². The van der Waals surface area contributed by atoms with Gasteiger partial charge in [-0.2, -0.15) is 5.10 Å². The number of nitrogens with zero attached hydrogens (tertiary/aromatic N) is 2. The Kier molecular flexibility index (Phi) is 3.22. The molecule has 0 aliphatic heterocycles. The van der Waals surface area contributed by atoms with E-state index in [0.717, 1.165) is 28.1 Å². The summed E-state index contributed by atoms with van der Waals surface area (Å²) in [5, 5.41) is 5.12. The third-order valence-electron chi connectivity index (χ3n) is 3.07. The minimum Gasteiger partial charge on any atom is -0.326 e. The van der Waals surface area contributed by atoms with E-state index < -0.39 is 0 Å². The Balaban J connectivity index is 2.57. The maximum Gasteiger partial charge on any atom is 0.0674 e. The SMILES string of the molecule is Cc1nn(C)c(C)c1-c1ccc(CN)c(Cl)c1. The number of rotatable bonds is 2.